The fraction of sp³-hybridized carbons (Fsp3) is 0.300. The zero-order chi connectivity index (χ0) is 19.5. The molecule has 4 rings (SSSR count). The van der Waals surface area contributed by atoms with Gasteiger partial charge in [0, 0.05) is 43.3 Å². The van der Waals surface area contributed by atoms with E-state index in [2.05, 4.69) is 10.00 Å². The number of rotatable bonds is 5. The highest BCUT2D eigenvalue weighted by molar-refractivity contribution is 5.88. The predicted molar refractivity (Wildman–Crippen MR) is 104 cm³/mol. The van der Waals surface area contributed by atoms with Crippen LogP contribution in [-0.4, -0.2) is 53.9 Å². The Kier molecular flexibility index (Phi) is 5.23. The molecule has 1 aliphatic heterocycles. The number of para-hydroxylation sites is 1. The van der Waals surface area contributed by atoms with Crippen molar-refractivity contribution in [2.24, 2.45) is 0 Å². The number of amides is 1. The van der Waals surface area contributed by atoms with E-state index in [0.717, 1.165) is 35.4 Å². The number of nitrogens with two attached hydrogens (primary N) is 1. The van der Waals surface area contributed by atoms with Crippen molar-refractivity contribution >= 4 is 28.2 Å². The molecule has 2 N–H and O–H groups in total. The van der Waals surface area contributed by atoms with Crippen molar-refractivity contribution in [3.63, 3.8) is 0 Å². The molecule has 1 fully saturated rings. The first-order chi connectivity index (χ1) is 13.7. The molecular weight excluding hydrogens is 361 g/mol. The van der Waals surface area contributed by atoms with Crippen molar-refractivity contribution < 1.29 is 19.5 Å². The van der Waals surface area contributed by atoms with Crippen LogP contribution in [0.3, 0.4) is 0 Å². The summed E-state index contributed by atoms with van der Waals surface area (Å²) >= 11 is 0. The van der Waals surface area contributed by atoms with Crippen LogP contribution in [0.2, 0.25) is 0 Å². The number of aromatic nitrogens is 2. The van der Waals surface area contributed by atoms with E-state index in [4.69, 9.17) is 4.84 Å². The summed E-state index contributed by atoms with van der Waals surface area (Å²) in [5.41, 5.74) is 4.42. The van der Waals surface area contributed by atoms with Gasteiger partial charge in [-0.05, 0) is 24.3 Å². The molecule has 2 heterocycles. The minimum absolute atomic E-state index is 0.0379. The van der Waals surface area contributed by atoms with Gasteiger partial charge in [-0.2, -0.15) is 10.6 Å². The number of halogens is 1. The molecule has 0 spiro atoms. The van der Waals surface area contributed by atoms with Gasteiger partial charge >= 0.3 is 0 Å². The smallest absolute Gasteiger partial charge is 0.244 e. The van der Waals surface area contributed by atoms with Gasteiger partial charge in [0.25, 0.3) is 0 Å². The van der Waals surface area contributed by atoms with Crippen molar-refractivity contribution in [1.29, 1.82) is 0 Å². The average Bonchev–Trinajstić information content (AvgIpc) is 3.13. The average molecular weight is 384 g/mol. The van der Waals surface area contributed by atoms with E-state index in [9.17, 15) is 9.18 Å². The second-order valence-electron chi connectivity index (χ2n) is 6.79. The summed E-state index contributed by atoms with van der Waals surface area (Å²) in [4.78, 5) is 22.0. The Hall–Kier alpha value is -2.97. The van der Waals surface area contributed by atoms with E-state index < -0.39 is 0 Å². The Bertz CT molecular complexity index is 964. The van der Waals surface area contributed by atoms with E-state index >= 15 is 0 Å². The Morgan fingerprint density at radius 3 is 2.61 bits per heavy atom. The molecule has 0 atom stereocenters. The SMILES string of the molecule is CO[NH2+]c1cccc2cnn(CC(=O)N3CCN(c4ccc(F)cc4)CC3)c12. The first-order valence-corrected chi connectivity index (χ1v) is 9.24. The molecule has 8 heteroatoms. The molecular formula is C20H23FN5O2+. The Labute approximate surface area is 162 Å². The molecule has 146 valence electrons. The van der Waals surface area contributed by atoms with Gasteiger partial charge in [-0.25, -0.2) is 13.9 Å². The van der Waals surface area contributed by atoms with E-state index in [1.54, 1.807) is 35.6 Å². The van der Waals surface area contributed by atoms with Crippen molar-refractivity contribution in [3.05, 3.63) is 54.5 Å². The van der Waals surface area contributed by atoms with Crippen LogP contribution < -0.4 is 10.4 Å². The number of quaternary nitrogens is 1. The van der Waals surface area contributed by atoms with E-state index in [-0.39, 0.29) is 18.3 Å². The van der Waals surface area contributed by atoms with Crippen LogP contribution in [0.15, 0.2) is 48.7 Å². The van der Waals surface area contributed by atoms with Crippen LogP contribution >= 0.6 is 0 Å². The molecule has 3 aromatic rings. The van der Waals surface area contributed by atoms with E-state index in [0.29, 0.717) is 13.1 Å². The third kappa shape index (κ3) is 3.69. The summed E-state index contributed by atoms with van der Waals surface area (Å²) in [7, 11) is 1.60. The van der Waals surface area contributed by atoms with Crippen LogP contribution in [0.5, 0.6) is 0 Å². The molecule has 0 aliphatic carbocycles. The Morgan fingerprint density at radius 1 is 1.14 bits per heavy atom. The van der Waals surface area contributed by atoms with Gasteiger partial charge < -0.3 is 9.80 Å². The number of carbonyl (C=O) groups is 1. The Balaban J connectivity index is 1.42. The van der Waals surface area contributed by atoms with Gasteiger partial charge in [-0.15, -0.1) is 0 Å². The van der Waals surface area contributed by atoms with Crippen molar-refractivity contribution in [1.82, 2.24) is 14.7 Å². The topological polar surface area (TPSA) is 67.2 Å². The quantitative estimate of drug-likeness (QED) is 0.532. The van der Waals surface area contributed by atoms with Crippen LogP contribution in [0.4, 0.5) is 15.8 Å². The lowest BCUT2D eigenvalue weighted by Crippen LogP contribution is -2.76. The van der Waals surface area contributed by atoms with Crippen molar-refractivity contribution in [2.45, 2.75) is 6.54 Å². The molecule has 2 aromatic carbocycles. The highest BCUT2D eigenvalue weighted by Gasteiger charge is 2.23. The maximum Gasteiger partial charge on any atom is 0.244 e. The molecule has 1 aromatic heterocycles. The van der Waals surface area contributed by atoms with Gasteiger partial charge in [0.1, 0.15) is 17.9 Å². The number of carbonyl (C=O) groups excluding carboxylic acids is 1. The molecule has 1 saturated heterocycles. The zero-order valence-corrected chi connectivity index (χ0v) is 15.7. The molecule has 28 heavy (non-hydrogen) atoms. The number of piperazine rings is 1. The number of fused-ring (bicyclic) bond motifs is 1. The minimum atomic E-state index is -0.242. The van der Waals surface area contributed by atoms with Gasteiger partial charge in [0.05, 0.1) is 13.3 Å². The molecule has 0 bridgehead atoms. The van der Waals surface area contributed by atoms with Crippen LogP contribution in [0.1, 0.15) is 0 Å². The highest BCUT2D eigenvalue weighted by Crippen LogP contribution is 2.20. The summed E-state index contributed by atoms with van der Waals surface area (Å²) in [5, 5.41) is 5.36. The normalized spacial score (nSPS) is 14.6. The summed E-state index contributed by atoms with van der Waals surface area (Å²) in [6, 6.07) is 12.3. The summed E-state index contributed by atoms with van der Waals surface area (Å²) < 4.78 is 14.8. The molecule has 7 nitrogen and oxygen atoms in total. The lowest BCUT2D eigenvalue weighted by atomic mass is 10.2. The number of benzene rings is 2. The molecule has 1 aliphatic rings. The third-order valence-corrected chi connectivity index (χ3v) is 5.05. The lowest BCUT2D eigenvalue weighted by molar-refractivity contribution is -0.829. The van der Waals surface area contributed by atoms with E-state index in [1.165, 1.54) is 12.1 Å². The van der Waals surface area contributed by atoms with Gasteiger partial charge in [-0.1, -0.05) is 12.1 Å². The standard InChI is InChI=1S/C20H22FN5O2/c1-28-23-18-4-2-3-15-13-22-26(20(15)18)14-19(27)25-11-9-24(10-12-25)17-7-5-16(21)6-8-17/h2-8,13,23H,9-12,14H2,1H3/p+1. The van der Waals surface area contributed by atoms with Crippen LogP contribution in [-0.2, 0) is 16.2 Å². The predicted octanol–water partition coefficient (Wildman–Crippen LogP) is 1.28. The zero-order valence-electron chi connectivity index (χ0n) is 15.7. The lowest BCUT2D eigenvalue weighted by Gasteiger charge is -2.36. The van der Waals surface area contributed by atoms with Crippen LogP contribution in [0, 0.1) is 5.82 Å². The number of hydrogen-bond donors (Lipinski definition) is 1. The van der Waals surface area contributed by atoms with E-state index in [1.807, 2.05) is 23.1 Å². The second-order valence-corrected chi connectivity index (χ2v) is 6.79. The molecule has 0 radical (unpaired) electrons. The summed E-state index contributed by atoms with van der Waals surface area (Å²) in [6.07, 6.45) is 1.77. The summed E-state index contributed by atoms with van der Waals surface area (Å²) in [5.74, 6) is -0.204. The monoisotopic (exact) mass is 384 g/mol. The second kappa shape index (κ2) is 7.95. The van der Waals surface area contributed by atoms with Crippen LogP contribution in [0.25, 0.3) is 10.9 Å². The molecule has 1 amide bonds. The Morgan fingerprint density at radius 2 is 1.89 bits per heavy atom. The maximum absolute atomic E-state index is 13.1. The molecule has 0 saturated carbocycles. The number of nitrogens with zero attached hydrogens (tertiary/aromatic N) is 4. The summed E-state index contributed by atoms with van der Waals surface area (Å²) in [6.45, 7) is 2.90. The fourth-order valence-electron chi connectivity index (χ4n) is 3.61. The molecule has 0 unspecified atom stereocenters. The highest BCUT2D eigenvalue weighted by atomic mass is 19.1. The van der Waals surface area contributed by atoms with Crippen molar-refractivity contribution in [3.8, 4) is 0 Å². The van der Waals surface area contributed by atoms with Crippen molar-refractivity contribution in [2.75, 3.05) is 38.2 Å². The number of hydrogen-bond acceptors (Lipinski definition) is 4. The maximum atomic E-state index is 13.1. The third-order valence-electron chi connectivity index (χ3n) is 5.05. The van der Waals surface area contributed by atoms with Gasteiger partial charge in [-0.3, -0.25) is 4.79 Å². The fourth-order valence-corrected chi connectivity index (χ4v) is 3.61. The largest absolute Gasteiger partial charge is 0.368 e. The first-order valence-electron chi connectivity index (χ1n) is 9.24. The minimum Gasteiger partial charge on any atom is -0.368 e. The van der Waals surface area contributed by atoms with Gasteiger partial charge in [0.15, 0.2) is 5.69 Å². The van der Waals surface area contributed by atoms with Gasteiger partial charge in [0.2, 0.25) is 5.91 Å². The number of anilines is 1. The first kappa shape index (κ1) is 18.4.